The minimum absolute atomic E-state index is 0.0785. The van der Waals surface area contributed by atoms with Gasteiger partial charge in [0.2, 0.25) is 5.91 Å². The van der Waals surface area contributed by atoms with E-state index in [2.05, 4.69) is 6.07 Å². The number of hydrogen-bond donors (Lipinski definition) is 0. The van der Waals surface area contributed by atoms with Crippen molar-refractivity contribution in [3.8, 4) is 11.8 Å². The average molecular weight is 338 g/mol. The number of carbonyl (C=O) groups excluding carboxylic acids is 1. The normalized spacial score (nSPS) is 10.6. The third-order valence-corrected chi connectivity index (χ3v) is 3.98. The molecule has 3 rings (SSSR count). The highest BCUT2D eigenvalue weighted by molar-refractivity contribution is 5.88. The molecule has 0 aliphatic carbocycles. The van der Waals surface area contributed by atoms with Crippen LogP contribution >= 0.6 is 0 Å². The van der Waals surface area contributed by atoms with Gasteiger partial charge in [-0.25, -0.2) is 0 Å². The molecule has 2 heterocycles. The Hall–Kier alpha value is -3.20. The minimum Gasteiger partial charge on any atom is -0.497 e. The molecule has 0 atom stereocenters. The Kier molecular flexibility index (Phi) is 5.05. The van der Waals surface area contributed by atoms with Gasteiger partial charge in [-0.3, -0.25) is 4.79 Å². The number of benzene rings is 1. The van der Waals surface area contributed by atoms with Crippen LogP contribution in [0, 0.1) is 11.3 Å². The average Bonchev–Trinajstić information content (AvgIpc) is 3.28. The van der Waals surface area contributed by atoms with Crippen LogP contribution in [0.2, 0.25) is 0 Å². The smallest absolute Gasteiger partial charge is 0.227 e. The van der Waals surface area contributed by atoms with Crippen LogP contribution in [0.1, 0.15) is 17.7 Å². The van der Waals surface area contributed by atoms with Crippen LogP contribution in [-0.4, -0.2) is 24.5 Å². The Morgan fingerprint density at radius 2 is 2.20 bits per heavy atom. The number of fused-ring (bicyclic) bond motifs is 1. The monoisotopic (exact) mass is 338 g/mol. The van der Waals surface area contributed by atoms with Crippen LogP contribution in [-0.2, 0) is 17.8 Å². The van der Waals surface area contributed by atoms with Crippen LogP contribution in [0.5, 0.6) is 5.75 Å². The Morgan fingerprint density at radius 3 is 2.92 bits per heavy atom. The molecule has 0 N–H and O–H groups in total. The number of rotatable bonds is 7. The molecule has 2 aromatic heterocycles. The summed E-state index contributed by atoms with van der Waals surface area (Å²) < 4.78 is 16.0. The van der Waals surface area contributed by atoms with E-state index >= 15 is 0 Å². The zero-order valence-electron chi connectivity index (χ0n) is 13.9. The molecule has 1 aromatic carbocycles. The molecule has 0 saturated heterocycles. The molecule has 0 spiro atoms. The molecular formula is C19H18N2O4. The van der Waals surface area contributed by atoms with Crippen LogP contribution in [0.4, 0.5) is 0 Å². The molecular weight excluding hydrogens is 320 g/mol. The van der Waals surface area contributed by atoms with Crippen molar-refractivity contribution in [3.63, 3.8) is 0 Å². The molecule has 0 aliphatic rings. The second kappa shape index (κ2) is 7.58. The van der Waals surface area contributed by atoms with Crippen molar-refractivity contribution >= 4 is 16.9 Å². The van der Waals surface area contributed by atoms with Crippen molar-refractivity contribution in [1.29, 1.82) is 5.26 Å². The van der Waals surface area contributed by atoms with Gasteiger partial charge in [-0.1, -0.05) is 0 Å². The van der Waals surface area contributed by atoms with Gasteiger partial charge in [-0.15, -0.1) is 0 Å². The van der Waals surface area contributed by atoms with Gasteiger partial charge in [-0.05, 0) is 24.3 Å². The predicted octanol–water partition coefficient (Wildman–Crippen LogP) is 3.52. The lowest BCUT2D eigenvalue weighted by atomic mass is 10.1. The maximum absolute atomic E-state index is 12.7. The summed E-state index contributed by atoms with van der Waals surface area (Å²) in [7, 11) is 1.59. The van der Waals surface area contributed by atoms with E-state index in [0.29, 0.717) is 30.2 Å². The largest absolute Gasteiger partial charge is 0.497 e. The van der Waals surface area contributed by atoms with Gasteiger partial charge in [0.05, 0.1) is 45.1 Å². The van der Waals surface area contributed by atoms with Crippen LogP contribution in [0.3, 0.4) is 0 Å². The standard InChI is InChI=1S/C19H18N2O4/c1-23-15-5-6-17-14(13-25-18(17)11-15)10-19(22)21(8-3-7-20)12-16-4-2-9-24-16/h2,4-6,9,11,13H,3,8,10,12H2,1H3. The highest BCUT2D eigenvalue weighted by Crippen LogP contribution is 2.26. The lowest BCUT2D eigenvalue weighted by Crippen LogP contribution is -2.32. The van der Waals surface area contributed by atoms with Crippen molar-refractivity contribution in [3.05, 3.63) is 54.2 Å². The zero-order valence-corrected chi connectivity index (χ0v) is 13.9. The summed E-state index contributed by atoms with van der Waals surface area (Å²) in [6.07, 6.45) is 3.64. The van der Waals surface area contributed by atoms with E-state index in [4.69, 9.17) is 18.8 Å². The summed E-state index contributed by atoms with van der Waals surface area (Å²) in [4.78, 5) is 14.3. The van der Waals surface area contributed by atoms with Gasteiger partial charge >= 0.3 is 0 Å². The first-order valence-corrected chi connectivity index (χ1v) is 7.92. The number of hydrogen-bond acceptors (Lipinski definition) is 5. The lowest BCUT2D eigenvalue weighted by Gasteiger charge is -2.20. The summed E-state index contributed by atoms with van der Waals surface area (Å²) in [5.41, 5.74) is 1.49. The number of nitrogens with zero attached hydrogens (tertiary/aromatic N) is 2. The van der Waals surface area contributed by atoms with Crippen molar-refractivity contribution in [2.75, 3.05) is 13.7 Å². The Balaban J connectivity index is 1.77. The van der Waals surface area contributed by atoms with Crippen molar-refractivity contribution in [2.24, 2.45) is 0 Å². The van der Waals surface area contributed by atoms with Gasteiger partial charge in [0.25, 0.3) is 0 Å². The second-order valence-corrected chi connectivity index (χ2v) is 5.60. The SMILES string of the molecule is COc1ccc2c(CC(=O)N(CCC#N)Cc3ccco3)coc2c1. The van der Waals surface area contributed by atoms with Gasteiger partial charge in [-0.2, -0.15) is 5.26 Å². The van der Waals surface area contributed by atoms with E-state index in [-0.39, 0.29) is 18.7 Å². The summed E-state index contributed by atoms with van der Waals surface area (Å²) in [5, 5.41) is 9.71. The molecule has 0 aliphatic heterocycles. The summed E-state index contributed by atoms with van der Waals surface area (Å²) in [6.45, 7) is 0.705. The Labute approximate surface area is 145 Å². The fourth-order valence-electron chi connectivity index (χ4n) is 2.67. The molecule has 3 aromatic rings. The number of methoxy groups -OCH3 is 1. The van der Waals surface area contributed by atoms with Crippen molar-refractivity contribution in [1.82, 2.24) is 4.90 Å². The predicted molar refractivity (Wildman–Crippen MR) is 90.8 cm³/mol. The highest BCUT2D eigenvalue weighted by Gasteiger charge is 2.18. The molecule has 0 bridgehead atoms. The summed E-state index contributed by atoms with van der Waals surface area (Å²) in [5.74, 6) is 1.31. The van der Waals surface area contributed by atoms with Gasteiger partial charge in [0.1, 0.15) is 17.1 Å². The topological polar surface area (TPSA) is 79.6 Å². The maximum Gasteiger partial charge on any atom is 0.227 e. The third kappa shape index (κ3) is 3.83. The third-order valence-electron chi connectivity index (χ3n) is 3.98. The van der Waals surface area contributed by atoms with Crippen LogP contribution in [0.25, 0.3) is 11.0 Å². The van der Waals surface area contributed by atoms with E-state index < -0.39 is 0 Å². The van der Waals surface area contributed by atoms with E-state index in [0.717, 1.165) is 10.9 Å². The van der Waals surface area contributed by atoms with E-state index in [1.54, 1.807) is 36.7 Å². The lowest BCUT2D eigenvalue weighted by molar-refractivity contribution is -0.131. The molecule has 1 amide bonds. The van der Waals surface area contributed by atoms with Gasteiger partial charge in [0, 0.05) is 23.6 Å². The van der Waals surface area contributed by atoms with Gasteiger partial charge in [0.15, 0.2) is 0 Å². The number of nitriles is 1. The Bertz CT molecular complexity index is 890. The van der Waals surface area contributed by atoms with E-state index in [1.807, 2.05) is 18.2 Å². The first-order chi connectivity index (χ1) is 12.2. The Morgan fingerprint density at radius 1 is 1.32 bits per heavy atom. The van der Waals surface area contributed by atoms with Crippen LogP contribution < -0.4 is 4.74 Å². The molecule has 6 heteroatoms. The first kappa shape index (κ1) is 16.7. The van der Waals surface area contributed by atoms with E-state index in [1.165, 1.54) is 0 Å². The summed E-state index contributed by atoms with van der Waals surface area (Å²) >= 11 is 0. The quantitative estimate of drug-likeness (QED) is 0.658. The number of furan rings is 2. The van der Waals surface area contributed by atoms with Crippen molar-refractivity contribution < 1.29 is 18.4 Å². The maximum atomic E-state index is 12.7. The minimum atomic E-state index is -0.0785. The molecule has 0 unspecified atom stereocenters. The number of ether oxygens (including phenoxy) is 1. The van der Waals surface area contributed by atoms with E-state index in [9.17, 15) is 4.79 Å². The molecule has 25 heavy (non-hydrogen) atoms. The highest BCUT2D eigenvalue weighted by atomic mass is 16.5. The molecule has 0 saturated carbocycles. The number of carbonyl (C=O) groups is 1. The fourth-order valence-corrected chi connectivity index (χ4v) is 2.67. The molecule has 128 valence electrons. The second-order valence-electron chi connectivity index (χ2n) is 5.60. The van der Waals surface area contributed by atoms with Gasteiger partial charge < -0.3 is 18.5 Å². The van der Waals surface area contributed by atoms with Crippen molar-refractivity contribution in [2.45, 2.75) is 19.4 Å². The summed E-state index contributed by atoms with van der Waals surface area (Å²) in [6, 6.07) is 11.2. The molecule has 6 nitrogen and oxygen atoms in total. The molecule has 0 fully saturated rings. The molecule has 0 radical (unpaired) electrons. The zero-order chi connectivity index (χ0) is 17.6. The first-order valence-electron chi connectivity index (χ1n) is 7.92. The number of amides is 1. The van der Waals surface area contributed by atoms with Crippen LogP contribution in [0.15, 0.2) is 51.7 Å². The fraction of sp³-hybridized carbons (Fsp3) is 0.263.